The quantitative estimate of drug-likeness (QED) is 0.544. The van der Waals surface area contributed by atoms with Gasteiger partial charge in [0.05, 0.1) is 29.6 Å². The molecule has 0 saturated heterocycles. The minimum atomic E-state index is -1.63. The smallest absolute Gasteiger partial charge is 0.255 e. The molecule has 0 radical (unpaired) electrons. The van der Waals surface area contributed by atoms with Crippen LogP contribution < -0.4 is 16.0 Å². The van der Waals surface area contributed by atoms with Crippen LogP contribution in [0.2, 0.25) is 0 Å². The predicted octanol–water partition coefficient (Wildman–Crippen LogP) is 2.41. The lowest BCUT2D eigenvalue weighted by Crippen LogP contribution is -2.42. The average Bonchev–Trinajstić information content (AvgIpc) is 2.60. The number of halogens is 2. The standard InChI is InChI=1S/C18H24F2N6O2/c1-10(2)25-13-5-15(26-16-12(19)7-21-9-24-16)22-6-11(13)17(27)23-8-14(20)18(3,4)28/h5-7,9-10,14,28H,8H2,1-4H3,(H,23,27)(H2,21,22,24,25,26). The molecule has 4 N–H and O–H groups in total. The number of alkyl halides is 1. The zero-order valence-electron chi connectivity index (χ0n) is 16.1. The molecule has 8 nitrogen and oxygen atoms in total. The Morgan fingerprint density at radius 2 is 2.00 bits per heavy atom. The predicted molar refractivity (Wildman–Crippen MR) is 102 cm³/mol. The van der Waals surface area contributed by atoms with Crippen molar-refractivity contribution in [3.8, 4) is 0 Å². The molecule has 0 spiro atoms. The van der Waals surface area contributed by atoms with Gasteiger partial charge in [0, 0.05) is 18.3 Å². The van der Waals surface area contributed by atoms with E-state index >= 15 is 0 Å². The number of rotatable bonds is 8. The molecular formula is C18H24F2N6O2. The van der Waals surface area contributed by atoms with Gasteiger partial charge in [0.25, 0.3) is 5.91 Å². The van der Waals surface area contributed by atoms with Crippen molar-refractivity contribution in [1.82, 2.24) is 20.3 Å². The van der Waals surface area contributed by atoms with Crippen molar-refractivity contribution in [2.75, 3.05) is 17.2 Å². The Balaban J connectivity index is 2.21. The number of nitrogens with zero attached hydrogens (tertiary/aromatic N) is 3. The first-order chi connectivity index (χ1) is 13.1. The number of carbonyl (C=O) groups excluding carboxylic acids is 1. The normalized spacial score (nSPS) is 12.6. The summed E-state index contributed by atoms with van der Waals surface area (Å²) in [7, 11) is 0. The molecule has 2 aromatic heterocycles. The van der Waals surface area contributed by atoms with Gasteiger partial charge in [-0.3, -0.25) is 4.79 Å². The van der Waals surface area contributed by atoms with Crippen molar-refractivity contribution in [3.63, 3.8) is 0 Å². The summed E-state index contributed by atoms with van der Waals surface area (Å²) < 4.78 is 27.6. The molecule has 0 aromatic carbocycles. The van der Waals surface area contributed by atoms with Gasteiger partial charge in [0.15, 0.2) is 11.6 Å². The van der Waals surface area contributed by atoms with E-state index in [0.29, 0.717) is 5.69 Å². The molecule has 28 heavy (non-hydrogen) atoms. The maximum Gasteiger partial charge on any atom is 0.255 e. The maximum absolute atomic E-state index is 13.9. The Bertz CT molecular complexity index is 826. The fourth-order valence-electron chi connectivity index (χ4n) is 2.19. The van der Waals surface area contributed by atoms with E-state index < -0.39 is 23.5 Å². The third-order valence-electron chi connectivity index (χ3n) is 3.72. The number of carbonyl (C=O) groups is 1. The van der Waals surface area contributed by atoms with Crippen LogP contribution in [-0.4, -0.2) is 50.3 Å². The lowest BCUT2D eigenvalue weighted by molar-refractivity contribution is -0.00177. The highest BCUT2D eigenvalue weighted by Crippen LogP contribution is 2.23. The average molecular weight is 394 g/mol. The Morgan fingerprint density at radius 1 is 1.29 bits per heavy atom. The molecule has 152 valence electrons. The molecule has 1 amide bonds. The van der Waals surface area contributed by atoms with Crippen LogP contribution in [0.15, 0.2) is 24.8 Å². The van der Waals surface area contributed by atoms with Gasteiger partial charge in [-0.05, 0) is 27.7 Å². The number of anilines is 3. The summed E-state index contributed by atoms with van der Waals surface area (Å²) in [6, 6.07) is 1.52. The van der Waals surface area contributed by atoms with Crippen molar-refractivity contribution in [1.29, 1.82) is 0 Å². The van der Waals surface area contributed by atoms with Gasteiger partial charge < -0.3 is 21.1 Å². The van der Waals surface area contributed by atoms with Crippen LogP contribution in [0.4, 0.5) is 26.1 Å². The molecule has 0 aliphatic heterocycles. The minimum Gasteiger partial charge on any atom is -0.387 e. The van der Waals surface area contributed by atoms with Crippen molar-refractivity contribution < 1.29 is 18.7 Å². The van der Waals surface area contributed by atoms with Gasteiger partial charge in [0.1, 0.15) is 18.3 Å². The van der Waals surface area contributed by atoms with E-state index in [1.807, 2.05) is 13.8 Å². The summed E-state index contributed by atoms with van der Waals surface area (Å²) in [5.74, 6) is -0.995. The van der Waals surface area contributed by atoms with Gasteiger partial charge >= 0.3 is 0 Å². The number of amides is 1. The molecule has 0 fully saturated rings. The maximum atomic E-state index is 13.9. The van der Waals surface area contributed by atoms with Crippen LogP contribution in [0, 0.1) is 5.82 Å². The van der Waals surface area contributed by atoms with Gasteiger partial charge in [-0.25, -0.2) is 23.7 Å². The Morgan fingerprint density at radius 3 is 2.61 bits per heavy atom. The summed E-state index contributed by atoms with van der Waals surface area (Å²) in [4.78, 5) is 23.9. The second-order valence-corrected chi connectivity index (χ2v) is 7.09. The number of nitrogens with one attached hydrogen (secondary N) is 3. The van der Waals surface area contributed by atoms with E-state index in [1.54, 1.807) is 0 Å². The lowest BCUT2D eigenvalue weighted by atomic mass is 10.0. The second kappa shape index (κ2) is 8.87. The van der Waals surface area contributed by atoms with Crippen LogP contribution in [0.25, 0.3) is 0 Å². The fraction of sp³-hybridized carbons (Fsp3) is 0.444. The van der Waals surface area contributed by atoms with Crippen LogP contribution in [0.3, 0.4) is 0 Å². The summed E-state index contributed by atoms with van der Waals surface area (Å²) >= 11 is 0. The highest BCUT2D eigenvalue weighted by molar-refractivity contribution is 5.99. The van der Waals surface area contributed by atoms with Crippen LogP contribution in [0.5, 0.6) is 0 Å². The highest BCUT2D eigenvalue weighted by Gasteiger charge is 2.27. The van der Waals surface area contributed by atoms with Gasteiger partial charge in [0.2, 0.25) is 0 Å². The lowest BCUT2D eigenvalue weighted by Gasteiger charge is -2.23. The molecule has 2 rings (SSSR count). The second-order valence-electron chi connectivity index (χ2n) is 7.09. The molecule has 2 aromatic rings. The first-order valence-corrected chi connectivity index (χ1v) is 8.71. The number of aliphatic hydroxyl groups is 1. The highest BCUT2D eigenvalue weighted by atomic mass is 19.1. The largest absolute Gasteiger partial charge is 0.387 e. The van der Waals surface area contributed by atoms with Crippen LogP contribution >= 0.6 is 0 Å². The molecule has 0 aliphatic rings. The van der Waals surface area contributed by atoms with Crippen molar-refractivity contribution in [2.24, 2.45) is 0 Å². The number of aromatic nitrogens is 3. The Hall–Kier alpha value is -2.88. The van der Waals surface area contributed by atoms with E-state index in [0.717, 1.165) is 6.20 Å². The van der Waals surface area contributed by atoms with Crippen molar-refractivity contribution in [3.05, 3.63) is 36.2 Å². The molecule has 10 heteroatoms. The fourth-order valence-corrected chi connectivity index (χ4v) is 2.19. The molecule has 0 aliphatic carbocycles. The minimum absolute atomic E-state index is 0.0112. The number of pyridine rings is 1. The molecule has 0 bridgehead atoms. The first kappa shape index (κ1) is 21.4. The third-order valence-corrected chi connectivity index (χ3v) is 3.72. The SMILES string of the molecule is CC(C)Nc1cc(Nc2ncncc2F)ncc1C(=O)NCC(F)C(C)(C)O. The van der Waals surface area contributed by atoms with Crippen molar-refractivity contribution in [2.45, 2.75) is 45.5 Å². The summed E-state index contributed by atoms with van der Waals surface area (Å²) in [6.45, 7) is 6.06. The monoisotopic (exact) mass is 394 g/mol. The van der Waals surface area contributed by atoms with E-state index in [9.17, 15) is 18.7 Å². The van der Waals surface area contributed by atoms with E-state index in [4.69, 9.17) is 0 Å². The Kier molecular flexibility index (Phi) is 6.79. The first-order valence-electron chi connectivity index (χ1n) is 8.71. The zero-order chi connectivity index (χ0) is 20.9. The molecule has 2 heterocycles. The zero-order valence-corrected chi connectivity index (χ0v) is 16.1. The van der Waals surface area contributed by atoms with Gasteiger partial charge in [-0.1, -0.05) is 0 Å². The molecule has 1 unspecified atom stereocenters. The van der Waals surface area contributed by atoms with E-state index in [-0.39, 0.29) is 29.8 Å². The Labute approximate surface area is 161 Å². The van der Waals surface area contributed by atoms with E-state index in [1.165, 1.54) is 32.4 Å². The third kappa shape index (κ3) is 5.81. The van der Waals surface area contributed by atoms with Crippen LogP contribution in [0.1, 0.15) is 38.1 Å². The molecule has 1 atom stereocenters. The van der Waals surface area contributed by atoms with Crippen LogP contribution in [-0.2, 0) is 0 Å². The number of hydrogen-bond acceptors (Lipinski definition) is 7. The summed E-state index contributed by atoms with van der Waals surface area (Å²) in [5.41, 5.74) is -0.955. The molecule has 0 saturated carbocycles. The van der Waals surface area contributed by atoms with Crippen molar-refractivity contribution >= 4 is 23.2 Å². The number of hydrogen-bond donors (Lipinski definition) is 4. The topological polar surface area (TPSA) is 112 Å². The summed E-state index contributed by atoms with van der Waals surface area (Å²) in [5, 5.41) is 17.9. The van der Waals surface area contributed by atoms with E-state index in [2.05, 4.69) is 30.9 Å². The van der Waals surface area contributed by atoms with Gasteiger partial charge in [-0.2, -0.15) is 0 Å². The summed E-state index contributed by atoms with van der Waals surface area (Å²) in [6.07, 6.45) is 1.86. The molecular weight excluding hydrogens is 370 g/mol. The van der Waals surface area contributed by atoms with Gasteiger partial charge in [-0.15, -0.1) is 0 Å².